The average molecular weight is 288 g/mol. The number of carbonyl (C=O) groups is 2. The Kier molecular flexibility index (Phi) is 5.68. The fourth-order valence-corrected chi connectivity index (χ4v) is 1.56. The van der Waals surface area contributed by atoms with Gasteiger partial charge in [-0.3, -0.25) is 4.79 Å². The SMILES string of the molecule is CCOC(=O)C=CC(=O)Nc1ccc(Cl)cc1Cl. The highest BCUT2D eigenvalue weighted by Crippen LogP contribution is 2.25. The molecule has 0 saturated heterocycles. The van der Waals surface area contributed by atoms with E-state index in [4.69, 9.17) is 23.2 Å². The first kappa shape index (κ1) is 14.5. The van der Waals surface area contributed by atoms with Crippen LogP contribution in [0.25, 0.3) is 0 Å². The van der Waals surface area contributed by atoms with Crippen molar-refractivity contribution in [1.29, 1.82) is 0 Å². The lowest BCUT2D eigenvalue weighted by molar-refractivity contribution is -0.137. The van der Waals surface area contributed by atoms with Crippen LogP contribution in [0.1, 0.15) is 6.92 Å². The maximum Gasteiger partial charge on any atom is 0.330 e. The van der Waals surface area contributed by atoms with E-state index in [0.29, 0.717) is 15.7 Å². The van der Waals surface area contributed by atoms with Crippen LogP contribution in [0.5, 0.6) is 0 Å². The molecule has 1 amide bonds. The average Bonchev–Trinajstić information content (AvgIpc) is 2.31. The molecule has 0 atom stereocenters. The molecule has 0 aromatic heterocycles. The summed E-state index contributed by atoms with van der Waals surface area (Å²) < 4.78 is 4.63. The van der Waals surface area contributed by atoms with Crippen molar-refractivity contribution in [2.45, 2.75) is 6.92 Å². The summed E-state index contributed by atoms with van der Waals surface area (Å²) in [5, 5.41) is 3.30. The molecule has 0 unspecified atom stereocenters. The molecule has 1 aromatic rings. The predicted octanol–water partition coefficient (Wildman–Crippen LogP) is 3.05. The molecule has 0 radical (unpaired) electrons. The second-order valence-electron chi connectivity index (χ2n) is 3.20. The van der Waals surface area contributed by atoms with Crippen LogP contribution in [0.4, 0.5) is 5.69 Å². The molecule has 1 aromatic carbocycles. The maximum absolute atomic E-state index is 11.5. The fraction of sp³-hybridized carbons (Fsp3) is 0.167. The number of esters is 1. The lowest BCUT2D eigenvalue weighted by Crippen LogP contribution is -2.09. The minimum atomic E-state index is -0.574. The summed E-state index contributed by atoms with van der Waals surface area (Å²) in [6, 6.07) is 4.67. The van der Waals surface area contributed by atoms with Crippen LogP contribution >= 0.6 is 23.2 Å². The first-order valence-electron chi connectivity index (χ1n) is 5.13. The fourth-order valence-electron chi connectivity index (χ4n) is 1.10. The molecule has 96 valence electrons. The number of anilines is 1. The van der Waals surface area contributed by atoms with Gasteiger partial charge in [-0.1, -0.05) is 23.2 Å². The van der Waals surface area contributed by atoms with E-state index in [0.717, 1.165) is 12.2 Å². The van der Waals surface area contributed by atoms with E-state index in [2.05, 4.69) is 10.1 Å². The molecule has 1 N–H and O–H groups in total. The molecule has 0 heterocycles. The first-order valence-corrected chi connectivity index (χ1v) is 5.89. The van der Waals surface area contributed by atoms with E-state index < -0.39 is 11.9 Å². The van der Waals surface area contributed by atoms with Crippen molar-refractivity contribution in [1.82, 2.24) is 0 Å². The molecule has 0 spiro atoms. The van der Waals surface area contributed by atoms with Gasteiger partial charge in [-0.15, -0.1) is 0 Å². The van der Waals surface area contributed by atoms with Crippen LogP contribution < -0.4 is 5.32 Å². The number of nitrogens with one attached hydrogen (secondary N) is 1. The number of benzene rings is 1. The molecule has 6 heteroatoms. The molecule has 0 aliphatic rings. The van der Waals surface area contributed by atoms with E-state index in [1.165, 1.54) is 6.07 Å². The number of hydrogen-bond acceptors (Lipinski definition) is 3. The Balaban J connectivity index is 2.62. The molecule has 0 aliphatic heterocycles. The van der Waals surface area contributed by atoms with Gasteiger partial charge in [0.25, 0.3) is 0 Å². The summed E-state index contributed by atoms with van der Waals surface area (Å²) in [6.45, 7) is 1.94. The molecule has 4 nitrogen and oxygen atoms in total. The van der Waals surface area contributed by atoms with Gasteiger partial charge in [0.15, 0.2) is 0 Å². The first-order chi connectivity index (χ1) is 8.52. The van der Waals surface area contributed by atoms with Crippen molar-refractivity contribution >= 4 is 40.8 Å². The summed E-state index contributed by atoms with van der Waals surface area (Å²) in [4.78, 5) is 22.4. The number of hydrogen-bond donors (Lipinski definition) is 1. The zero-order valence-corrected chi connectivity index (χ0v) is 11.1. The van der Waals surface area contributed by atoms with E-state index in [-0.39, 0.29) is 6.61 Å². The third kappa shape index (κ3) is 4.77. The summed E-state index contributed by atoms with van der Waals surface area (Å²) in [7, 11) is 0. The number of ether oxygens (including phenoxy) is 1. The zero-order chi connectivity index (χ0) is 13.5. The summed E-state index contributed by atoms with van der Waals surface area (Å²) in [5.74, 6) is -1.05. The number of carbonyl (C=O) groups excluding carboxylic acids is 2. The Morgan fingerprint density at radius 3 is 2.67 bits per heavy atom. The summed E-state index contributed by atoms with van der Waals surface area (Å²) in [5.41, 5.74) is 0.416. The number of amides is 1. The molecular formula is C12H11Cl2NO3. The van der Waals surface area contributed by atoms with Gasteiger partial charge in [-0.2, -0.15) is 0 Å². The van der Waals surface area contributed by atoms with Crippen molar-refractivity contribution in [2.75, 3.05) is 11.9 Å². The van der Waals surface area contributed by atoms with E-state index in [1.54, 1.807) is 19.1 Å². The van der Waals surface area contributed by atoms with Gasteiger partial charge in [0, 0.05) is 17.2 Å². The van der Waals surface area contributed by atoms with Gasteiger partial charge in [-0.05, 0) is 25.1 Å². The maximum atomic E-state index is 11.5. The zero-order valence-electron chi connectivity index (χ0n) is 9.57. The topological polar surface area (TPSA) is 55.4 Å². The molecule has 0 fully saturated rings. The van der Waals surface area contributed by atoms with Gasteiger partial charge < -0.3 is 10.1 Å². The second kappa shape index (κ2) is 7.03. The third-order valence-corrected chi connectivity index (χ3v) is 2.39. The van der Waals surface area contributed by atoms with E-state index in [1.807, 2.05) is 0 Å². The van der Waals surface area contributed by atoms with Gasteiger partial charge in [0.05, 0.1) is 17.3 Å². The van der Waals surface area contributed by atoms with Crippen molar-refractivity contribution in [3.05, 3.63) is 40.4 Å². The Morgan fingerprint density at radius 2 is 2.06 bits per heavy atom. The minimum Gasteiger partial charge on any atom is -0.463 e. The lowest BCUT2D eigenvalue weighted by atomic mass is 10.3. The predicted molar refractivity (Wildman–Crippen MR) is 70.9 cm³/mol. The van der Waals surface area contributed by atoms with Crippen LogP contribution in [0.15, 0.2) is 30.4 Å². The molecule has 18 heavy (non-hydrogen) atoms. The molecule has 0 bridgehead atoms. The van der Waals surface area contributed by atoms with Crippen molar-refractivity contribution in [3.63, 3.8) is 0 Å². The van der Waals surface area contributed by atoms with Crippen LogP contribution in [0, 0.1) is 0 Å². The van der Waals surface area contributed by atoms with Gasteiger partial charge >= 0.3 is 5.97 Å². The Bertz CT molecular complexity index is 486. The van der Waals surface area contributed by atoms with Crippen molar-refractivity contribution < 1.29 is 14.3 Å². The van der Waals surface area contributed by atoms with Crippen LogP contribution in [0.3, 0.4) is 0 Å². The molecule has 0 saturated carbocycles. The minimum absolute atomic E-state index is 0.258. The van der Waals surface area contributed by atoms with Crippen LogP contribution in [0.2, 0.25) is 10.0 Å². The Hall–Kier alpha value is -1.52. The number of halogens is 2. The third-order valence-electron chi connectivity index (χ3n) is 1.85. The normalized spacial score (nSPS) is 10.4. The largest absolute Gasteiger partial charge is 0.463 e. The van der Waals surface area contributed by atoms with Gasteiger partial charge in [0.2, 0.25) is 5.91 Å². The van der Waals surface area contributed by atoms with Crippen LogP contribution in [-0.2, 0) is 14.3 Å². The smallest absolute Gasteiger partial charge is 0.330 e. The quantitative estimate of drug-likeness (QED) is 0.684. The standard InChI is InChI=1S/C12H11Cl2NO3/c1-2-18-12(17)6-5-11(16)15-10-4-3-8(13)7-9(10)14/h3-7H,2H2,1H3,(H,15,16). The highest BCUT2D eigenvalue weighted by molar-refractivity contribution is 6.36. The number of rotatable bonds is 4. The molecule has 1 rings (SSSR count). The van der Waals surface area contributed by atoms with Crippen molar-refractivity contribution in [2.24, 2.45) is 0 Å². The second-order valence-corrected chi connectivity index (χ2v) is 4.04. The van der Waals surface area contributed by atoms with E-state index in [9.17, 15) is 9.59 Å². The molecule has 0 aliphatic carbocycles. The Labute approximate surface area is 115 Å². The van der Waals surface area contributed by atoms with Crippen molar-refractivity contribution in [3.8, 4) is 0 Å². The molecular weight excluding hydrogens is 277 g/mol. The van der Waals surface area contributed by atoms with Crippen LogP contribution in [-0.4, -0.2) is 18.5 Å². The highest BCUT2D eigenvalue weighted by Gasteiger charge is 2.04. The van der Waals surface area contributed by atoms with Gasteiger partial charge in [-0.25, -0.2) is 4.79 Å². The van der Waals surface area contributed by atoms with Gasteiger partial charge in [0.1, 0.15) is 0 Å². The Morgan fingerprint density at radius 1 is 1.33 bits per heavy atom. The highest BCUT2D eigenvalue weighted by atomic mass is 35.5. The monoisotopic (exact) mass is 287 g/mol. The van der Waals surface area contributed by atoms with E-state index >= 15 is 0 Å². The lowest BCUT2D eigenvalue weighted by Gasteiger charge is -2.04. The summed E-state index contributed by atoms with van der Waals surface area (Å²) >= 11 is 11.6. The summed E-state index contributed by atoms with van der Waals surface area (Å²) in [6.07, 6.45) is 2.12.